The summed E-state index contributed by atoms with van der Waals surface area (Å²) >= 11 is 0. The van der Waals surface area contributed by atoms with Crippen molar-refractivity contribution in [2.24, 2.45) is 5.92 Å². The van der Waals surface area contributed by atoms with E-state index >= 15 is 0 Å². The van der Waals surface area contributed by atoms with Crippen LogP contribution in [0.2, 0.25) is 0 Å². The Morgan fingerprint density at radius 2 is 1.96 bits per heavy atom. The second-order valence-corrected chi connectivity index (χ2v) is 6.55. The van der Waals surface area contributed by atoms with Crippen molar-refractivity contribution in [3.63, 3.8) is 0 Å². The molecule has 0 aromatic rings. The molecule has 2 fully saturated rings. The molecule has 0 saturated carbocycles. The largest absolute Gasteiger partial charge is 0.334 e. The number of amides is 2. The molecule has 2 heterocycles. The fourth-order valence-electron chi connectivity index (χ4n) is 3.53. The van der Waals surface area contributed by atoms with E-state index in [-0.39, 0.29) is 6.03 Å². The third-order valence-electron chi connectivity index (χ3n) is 4.90. The fourth-order valence-corrected chi connectivity index (χ4v) is 3.53. The van der Waals surface area contributed by atoms with Gasteiger partial charge in [0.25, 0.3) is 0 Å². The predicted octanol–water partition coefficient (Wildman–Crippen LogP) is 2.77. The van der Waals surface area contributed by atoms with Gasteiger partial charge in [0.2, 0.25) is 0 Å². The Bertz CT molecular complexity index is 527. The predicted molar refractivity (Wildman–Crippen MR) is 94.2 cm³/mol. The summed E-state index contributed by atoms with van der Waals surface area (Å²) in [6.45, 7) is 3.63. The second kappa shape index (κ2) is 8.16. The third kappa shape index (κ3) is 4.58. The number of likely N-dealkylation sites (tertiary alicyclic amines) is 1. The van der Waals surface area contributed by atoms with Gasteiger partial charge in [-0.1, -0.05) is 42.5 Å². The van der Waals surface area contributed by atoms with Crippen LogP contribution in [0.3, 0.4) is 0 Å². The number of nitrogens with one attached hydrogen (secondary N) is 2. The molecule has 4 heteroatoms. The van der Waals surface area contributed by atoms with E-state index in [0.29, 0.717) is 12.0 Å². The summed E-state index contributed by atoms with van der Waals surface area (Å²) in [6.07, 6.45) is 19.1. The Morgan fingerprint density at radius 3 is 2.83 bits per heavy atom. The smallest absolute Gasteiger partial charge is 0.317 e. The average Bonchev–Trinajstić information content (AvgIpc) is 2.89. The molecule has 124 valence electrons. The van der Waals surface area contributed by atoms with Crippen LogP contribution in [-0.2, 0) is 0 Å². The maximum Gasteiger partial charge on any atom is 0.317 e. The minimum Gasteiger partial charge on any atom is -0.334 e. The highest BCUT2D eigenvalue weighted by Gasteiger charge is 2.24. The Kier molecular flexibility index (Phi) is 5.70. The van der Waals surface area contributed by atoms with E-state index in [2.05, 4.69) is 47.1 Å². The maximum atomic E-state index is 12.4. The summed E-state index contributed by atoms with van der Waals surface area (Å²) in [5.41, 5.74) is 1.38. The molecule has 0 spiro atoms. The standard InChI is InChI=1S/C19H27N3O/c23-19(21-18-10-12-20-15-18)22-13-6-9-17(11-14-22)16-7-4-2-1-3-5-8-16/h1-5,7-8,17-18,20H,6,9-15H2,(H,21,23)/b2-1-,3-1?,4-2?,5-3-,7-4-,8-5?,16-7?,16-8+/t17-,18+/m0/s1. The summed E-state index contributed by atoms with van der Waals surface area (Å²) < 4.78 is 0. The van der Waals surface area contributed by atoms with E-state index in [4.69, 9.17) is 0 Å². The van der Waals surface area contributed by atoms with Gasteiger partial charge in [-0.2, -0.15) is 0 Å². The summed E-state index contributed by atoms with van der Waals surface area (Å²) in [6, 6.07) is 0.416. The lowest BCUT2D eigenvalue weighted by molar-refractivity contribution is 0.196. The first-order chi connectivity index (χ1) is 11.3. The van der Waals surface area contributed by atoms with Crippen LogP contribution < -0.4 is 10.6 Å². The minimum absolute atomic E-state index is 0.115. The summed E-state index contributed by atoms with van der Waals surface area (Å²) in [4.78, 5) is 14.4. The van der Waals surface area contributed by atoms with E-state index in [9.17, 15) is 4.79 Å². The van der Waals surface area contributed by atoms with Crippen LogP contribution in [-0.4, -0.2) is 43.2 Å². The monoisotopic (exact) mass is 313 g/mol. The molecule has 2 saturated heterocycles. The molecule has 2 aliphatic heterocycles. The molecular weight excluding hydrogens is 286 g/mol. The topological polar surface area (TPSA) is 44.4 Å². The lowest BCUT2D eigenvalue weighted by Crippen LogP contribution is -2.46. The lowest BCUT2D eigenvalue weighted by atomic mass is 9.90. The molecule has 2 amide bonds. The number of urea groups is 1. The number of rotatable bonds is 2. The zero-order valence-corrected chi connectivity index (χ0v) is 13.7. The normalized spacial score (nSPS) is 34.4. The van der Waals surface area contributed by atoms with Crippen molar-refractivity contribution >= 4 is 6.03 Å². The molecule has 1 aliphatic carbocycles. The maximum absolute atomic E-state index is 12.4. The van der Waals surface area contributed by atoms with Gasteiger partial charge in [-0.25, -0.2) is 4.79 Å². The molecular formula is C19H27N3O. The number of hydrogen-bond donors (Lipinski definition) is 2. The number of nitrogens with zero attached hydrogens (tertiary/aromatic N) is 1. The van der Waals surface area contributed by atoms with Crippen molar-refractivity contribution in [1.29, 1.82) is 0 Å². The number of carbonyl (C=O) groups excluding carboxylic acids is 1. The molecule has 0 radical (unpaired) electrons. The number of carbonyl (C=O) groups is 1. The van der Waals surface area contributed by atoms with Crippen molar-refractivity contribution in [2.45, 2.75) is 31.7 Å². The van der Waals surface area contributed by atoms with Gasteiger partial charge in [0.15, 0.2) is 0 Å². The fraction of sp³-hybridized carbons (Fsp3) is 0.526. The summed E-state index contributed by atoms with van der Waals surface area (Å²) in [7, 11) is 0. The molecule has 3 rings (SSSR count). The van der Waals surface area contributed by atoms with Gasteiger partial charge in [-0.15, -0.1) is 0 Å². The van der Waals surface area contributed by atoms with Crippen molar-refractivity contribution in [3.05, 3.63) is 48.1 Å². The molecule has 4 nitrogen and oxygen atoms in total. The Balaban J connectivity index is 1.55. The van der Waals surface area contributed by atoms with Gasteiger partial charge in [0, 0.05) is 25.7 Å². The molecule has 0 unspecified atom stereocenters. The van der Waals surface area contributed by atoms with E-state index in [0.717, 1.165) is 51.9 Å². The highest BCUT2D eigenvalue weighted by molar-refractivity contribution is 5.74. The molecule has 0 aromatic heterocycles. The van der Waals surface area contributed by atoms with E-state index < -0.39 is 0 Å². The van der Waals surface area contributed by atoms with Crippen LogP contribution in [0.1, 0.15) is 25.7 Å². The lowest BCUT2D eigenvalue weighted by Gasteiger charge is -2.23. The van der Waals surface area contributed by atoms with Gasteiger partial charge in [0.1, 0.15) is 0 Å². The van der Waals surface area contributed by atoms with Crippen LogP contribution in [0.5, 0.6) is 0 Å². The van der Waals surface area contributed by atoms with Gasteiger partial charge in [-0.05, 0) is 43.7 Å². The highest BCUT2D eigenvalue weighted by atomic mass is 16.2. The highest BCUT2D eigenvalue weighted by Crippen LogP contribution is 2.26. The number of allylic oxidation sites excluding steroid dienone is 8. The quantitative estimate of drug-likeness (QED) is 0.823. The zero-order chi connectivity index (χ0) is 15.9. The van der Waals surface area contributed by atoms with Crippen molar-refractivity contribution in [3.8, 4) is 0 Å². The van der Waals surface area contributed by atoms with Gasteiger partial charge < -0.3 is 15.5 Å². The van der Waals surface area contributed by atoms with Crippen LogP contribution in [0.15, 0.2) is 48.1 Å². The zero-order valence-electron chi connectivity index (χ0n) is 13.7. The van der Waals surface area contributed by atoms with Crippen LogP contribution in [0.25, 0.3) is 0 Å². The third-order valence-corrected chi connectivity index (χ3v) is 4.90. The first-order valence-corrected chi connectivity index (χ1v) is 8.80. The van der Waals surface area contributed by atoms with Crippen molar-refractivity contribution in [2.75, 3.05) is 26.2 Å². The minimum atomic E-state index is 0.115. The van der Waals surface area contributed by atoms with E-state index in [1.165, 1.54) is 5.57 Å². The van der Waals surface area contributed by atoms with Gasteiger partial charge in [-0.3, -0.25) is 0 Å². The number of hydrogen-bond acceptors (Lipinski definition) is 2. The van der Waals surface area contributed by atoms with E-state index in [1.54, 1.807) is 0 Å². The molecule has 2 atom stereocenters. The second-order valence-electron chi connectivity index (χ2n) is 6.55. The molecule has 2 N–H and O–H groups in total. The summed E-state index contributed by atoms with van der Waals surface area (Å²) in [5.74, 6) is 0.549. The van der Waals surface area contributed by atoms with E-state index in [1.807, 2.05) is 11.0 Å². The van der Waals surface area contributed by atoms with Crippen LogP contribution in [0, 0.1) is 5.92 Å². The van der Waals surface area contributed by atoms with Crippen molar-refractivity contribution in [1.82, 2.24) is 15.5 Å². The van der Waals surface area contributed by atoms with Gasteiger partial charge >= 0.3 is 6.03 Å². The molecule has 0 aromatic carbocycles. The van der Waals surface area contributed by atoms with Crippen LogP contribution >= 0.6 is 0 Å². The first-order valence-electron chi connectivity index (χ1n) is 8.80. The Hall–Kier alpha value is -1.81. The first kappa shape index (κ1) is 16.1. The average molecular weight is 313 g/mol. The summed E-state index contributed by atoms with van der Waals surface area (Å²) in [5, 5.41) is 6.46. The molecule has 3 aliphatic rings. The Morgan fingerprint density at radius 1 is 1.09 bits per heavy atom. The molecule has 23 heavy (non-hydrogen) atoms. The van der Waals surface area contributed by atoms with Gasteiger partial charge in [0.05, 0.1) is 0 Å². The SMILES string of the molecule is O=C(N[C@@H]1CCNC1)N1CCC[C@H](C2=C/C=C\C=C/C=C\2)CC1. The van der Waals surface area contributed by atoms with Crippen molar-refractivity contribution < 1.29 is 4.79 Å². The Labute approximate surface area is 139 Å². The molecule has 0 bridgehead atoms. The van der Waals surface area contributed by atoms with Crippen LogP contribution in [0.4, 0.5) is 4.79 Å².